The summed E-state index contributed by atoms with van der Waals surface area (Å²) in [6.07, 6.45) is 4.14. The zero-order valence-electron chi connectivity index (χ0n) is 10.4. The largest absolute Gasteiger partial charge is 0.396 e. The first-order valence-electron chi connectivity index (χ1n) is 6.14. The van der Waals surface area contributed by atoms with Crippen LogP contribution in [-0.4, -0.2) is 21.7 Å². The minimum Gasteiger partial charge on any atom is -0.396 e. The van der Waals surface area contributed by atoms with Gasteiger partial charge in [0.05, 0.1) is 0 Å². The van der Waals surface area contributed by atoms with Crippen molar-refractivity contribution < 1.29 is 5.11 Å². The Hall–Kier alpha value is -0.670. The molecule has 1 saturated carbocycles. The van der Waals surface area contributed by atoms with E-state index in [0.717, 1.165) is 37.2 Å². The molecule has 0 aliphatic heterocycles. The molecule has 94 valence electrons. The molecule has 0 atom stereocenters. The summed E-state index contributed by atoms with van der Waals surface area (Å²) in [5.41, 5.74) is 1.01. The molecule has 4 heteroatoms. The molecule has 0 aromatic carbocycles. The number of rotatable bonds is 2. The van der Waals surface area contributed by atoms with Gasteiger partial charge in [0.1, 0.15) is 11.0 Å². The molecule has 17 heavy (non-hydrogen) atoms. The van der Waals surface area contributed by atoms with Crippen LogP contribution >= 0.6 is 11.6 Å². The predicted molar refractivity (Wildman–Crippen MR) is 68.2 cm³/mol. The van der Waals surface area contributed by atoms with Gasteiger partial charge in [-0.25, -0.2) is 9.97 Å². The van der Waals surface area contributed by atoms with Crippen LogP contribution in [0.5, 0.6) is 0 Å². The number of aryl methyl sites for hydroxylation is 1. The van der Waals surface area contributed by atoms with Crippen molar-refractivity contribution >= 4 is 11.6 Å². The molecule has 1 N–H and O–H groups in total. The first-order chi connectivity index (χ1) is 8.02. The Morgan fingerprint density at radius 2 is 2.06 bits per heavy atom. The van der Waals surface area contributed by atoms with E-state index in [0.29, 0.717) is 11.1 Å². The lowest BCUT2D eigenvalue weighted by atomic mass is 9.72. The predicted octanol–water partition coefficient (Wildman–Crippen LogP) is 3.09. The smallest absolute Gasteiger partial charge is 0.133 e. The summed E-state index contributed by atoms with van der Waals surface area (Å²) in [7, 11) is 0. The van der Waals surface area contributed by atoms with Crippen LogP contribution in [0, 0.1) is 12.3 Å². The van der Waals surface area contributed by atoms with Gasteiger partial charge >= 0.3 is 0 Å². The van der Waals surface area contributed by atoms with E-state index in [9.17, 15) is 5.11 Å². The van der Waals surface area contributed by atoms with Crippen molar-refractivity contribution in [1.29, 1.82) is 0 Å². The summed E-state index contributed by atoms with van der Waals surface area (Å²) in [5, 5.41) is 9.87. The van der Waals surface area contributed by atoms with E-state index in [1.807, 2.05) is 6.92 Å². The molecule has 1 fully saturated rings. The lowest BCUT2D eigenvalue weighted by Gasteiger charge is -2.35. The van der Waals surface area contributed by atoms with E-state index >= 15 is 0 Å². The normalized spacial score (nSPS) is 29.3. The third-order valence-corrected chi connectivity index (χ3v) is 3.97. The van der Waals surface area contributed by atoms with Crippen LogP contribution < -0.4 is 0 Å². The molecule has 0 amide bonds. The second-order valence-corrected chi connectivity index (χ2v) is 5.82. The van der Waals surface area contributed by atoms with Crippen LogP contribution in [0.15, 0.2) is 6.07 Å². The van der Waals surface area contributed by atoms with Gasteiger partial charge in [-0.2, -0.15) is 0 Å². The minimum atomic E-state index is 0.0874. The fourth-order valence-electron chi connectivity index (χ4n) is 2.47. The maximum atomic E-state index is 9.34. The number of hydrogen-bond donors (Lipinski definition) is 1. The number of hydrogen-bond acceptors (Lipinski definition) is 3. The van der Waals surface area contributed by atoms with Gasteiger partial charge in [0, 0.05) is 18.2 Å². The highest BCUT2D eigenvalue weighted by Gasteiger charge is 2.32. The van der Waals surface area contributed by atoms with Crippen molar-refractivity contribution in [2.45, 2.75) is 45.4 Å². The van der Waals surface area contributed by atoms with E-state index < -0.39 is 0 Å². The van der Waals surface area contributed by atoms with Crippen molar-refractivity contribution in [3.8, 4) is 0 Å². The molecule has 0 spiro atoms. The average Bonchev–Trinajstić information content (AvgIpc) is 2.29. The van der Waals surface area contributed by atoms with Crippen LogP contribution in [0.2, 0.25) is 5.15 Å². The number of halogens is 1. The average molecular weight is 255 g/mol. The Morgan fingerprint density at radius 3 is 2.59 bits per heavy atom. The van der Waals surface area contributed by atoms with Crippen molar-refractivity contribution in [3.05, 3.63) is 22.7 Å². The molecule has 0 radical (unpaired) electrons. The highest BCUT2D eigenvalue weighted by atomic mass is 35.5. The lowest BCUT2D eigenvalue weighted by molar-refractivity contribution is 0.0923. The van der Waals surface area contributed by atoms with Crippen LogP contribution in [0.25, 0.3) is 0 Å². The van der Waals surface area contributed by atoms with Gasteiger partial charge in [-0.1, -0.05) is 18.5 Å². The zero-order chi connectivity index (χ0) is 12.5. The summed E-state index contributed by atoms with van der Waals surface area (Å²) < 4.78 is 0. The molecule has 1 aliphatic rings. The monoisotopic (exact) mass is 254 g/mol. The first kappa shape index (κ1) is 12.8. The van der Waals surface area contributed by atoms with Crippen molar-refractivity contribution in [1.82, 2.24) is 9.97 Å². The van der Waals surface area contributed by atoms with E-state index in [-0.39, 0.29) is 12.0 Å². The maximum absolute atomic E-state index is 9.34. The molecular formula is C13H19ClN2O. The van der Waals surface area contributed by atoms with Gasteiger partial charge in [0.25, 0.3) is 0 Å². The number of nitrogens with zero attached hydrogens (tertiary/aromatic N) is 2. The van der Waals surface area contributed by atoms with Crippen LogP contribution in [-0.2, 0) is 0 Å². The highest BCUT2D eigenvalue weighted by Crippen LogP contribution is 2.41. The maximum Gasteiger partial charge on any atom is 0.133 e. The lowest BCUT2D eigenvalue weighted by Crippen LogP contribution is -2.27. The molecule has 0 unspecified atom stereocenters. The summed E-state index contributed by atoms with van der Waals surface area (Å²) in [5.74, 6) is 1.27. The van der Waals surface area contributed by atoms with Crippen LogP contribution in [0.4, 0.5) is 0 Å². The Labute approximate surface area is 107 Å². The highest BCUT2D eigenvalue weighted by molar-refractivity contribution is 6.29. The standard InChI is InChI=1S/C13H19ClN2O/c1-9-7-11(14)16-12(15-9)10-3-5-13(2,8-17)6-4-10/h7,10,17H,3-6,8H2,1-2H3. The molecule has 2 rings (SSSR count). The second kappa shape index (κ2) is 4.91. The van der Waals surface area contributed by atoms with Gasteiger partial charge in [0.15, 0.2) is 0 Å². The number of aliphatic hydroxyl groups is 1. The molecular weight excluding hydrogens is 236 g/mol. The van der Waals surface area contributed by atoms with Gasteiger partial charge in [-0.3, -0.25) is 0 Å². The van der Waals surface area contributed by atoms with Crippen LogP contribution in [0.1, 0.15) is 50.0 Å². The van der Waals surface area contributed by atoms with Crippen LogP contribution in [0.3, 0.4) is 0 Å². The third-order valence-electron chi connectivity index (χ3n) is 3.78. The summed E-state index contributed by atoms with van der Waals surface area (Å²) in [6.45, 7) is 4.36. The number of aromatic nitrogens is 2. The van der Waals surface area contributed by atoms with E-state index in [1.54, 1.807) is 6.07 Å². The molecule has 3 nitrogen and oxygen atoms in total. The molecule has 1 aromatic heterocycles. The second-order valence-electron chi connectivity index (χ2n) is 5.43. The number of aliphatic hydroxyl groups excluding tert-OH is 1. The zero-order valence-corrected chi connectivity index (χ0v) is 11.2. The Balaban J connectivity index is 2.10. The molecule has 0 bridgehead atoms. The summed E-state index contributed by atoms with van der Waals surface area (Å²) in [6, 6.07) is 1.78. The summed E-state index contributed by atoms with van der Waals surface area (Å²) >= 11 is 5.96. The van der Waals surface area contributed by atoms with E-state index in [1.165, 1.54) is 0 Å². The molecule has 0 saturated heterocycles. The van der Waals surface area contributed by atoms with Gasteiger partial charge < -0.3 is 5.11 Å². The Morgan fingerprint density at radius 1 is 1.41 bits per heavy atom. The molecule has 1 aliphatic carbocycles. The third kappa shape index (κ3) is 2.96. The van der Waals surface area contributed by atoms with Crippen molar-refractivity contribution in [2.75, 3.05) is 6.61 Å². The topological polar surface area (TPSA) is 46.0 Å². The van der Waals surface area contributed by atoms with Gasteiger partial charge in [0.2, 0.25) is 0 Å². The van der Waals surface area contributed by atoms with Gasteiger partial charge in [-0.05, 0) is 44.1 Å². The first-order valence-corrected chi connectivity index (χ1v) is 6.52. The minimum absolute atomic E-state index is 0.0874. The SMILES string of the molecule is Cc1cc(Cl)nc(C2CCC(C)(CO)CC2)n1. The Kier molecular flexibility index (Phi) is 3.69. The Bertz CT molecular complexity index is 380. The van der Waals surface area contributed by atoms with Crippen molar-refractivity contribution in [3.63, 3.8) is 0 Å². The van der Waals surface area contributed by atoms with Gasteiger partial charge in [-0.15, -0.1) is 0 Å². The molecule has 1 heterocycles. The fourth-order valence-corrected chi connectivity index (χ4v) is 2.71. The molecule has 1 aromatic rings. The van der Waals surface area contributed by atoms with E-state index in [4.69, 9.17) is 11.6 Å². The fraction of sp³-hybridized carbons (Fsp3) is 0.692. The van der Waals surface area contributed by atoms with Crippen molar-refractivity contribution in [2.24, 2.45) is 5.41 Å². The quantitative estimate of drug-likeness (QED) is 0.825. The summed E-state index contributed by atoms with van der Waals surface area (Å²) in [4.78, 5) is 8.80. The van der Waals surface area contributed by atoms with E-state index in [2.05, 4.69) is 16.9 Å².